The van der Waals surface area contributed by atoms with Gasteiger partial charge in [0.1, 0.15) is 12.9 Å². The molecule has 0 saturated heterocycles. The summed E-state index contributed by atoms with van der Waals surface area (Å²) in [5.41, 5.74) is 4.68. The molecule has 0 bridgehead atoms. The second-order valence-corrected chi connectivity index (χ2v) is 7.03. The Morgan fingerprint density at radius 2 is 1.50 bits per heavy atom. The van der Waals surface area contributed by atoms with Gasteiger partial charge in [-0.3, -0.25) is 0 Å². The van der Waals surface area contributed by atoms with E-state index in [1.807, 2.05) is 66.9 Å². The highest BCUT2D eigenvalue weighted by Gasteiger charge is 2.15. The quantitative estimate of drug-likeness (QED) is 0.386. The number of aromatic nitrogens is 6. The first kappa shape index (κ1) is 19.4. The summed E-state index contributed by atoms with van der Waals surface area (Å²) in [7, 11) is 0. The molecular formula is C24H18N6O2. The molecule has 0 aliphatic rings. The lowest BCUT2D eigenvalue weighted by atomic mass is 10.1. The average molecular weight is 422 g/mol. The van der Waals surface area contributed by atoms with E-state index in [-0.39, 0.29) is 6.61 Å². The number of tetrazole rings is 1. The van der Waals surface area contributed by atoms with Crippen LogP contribution in [-0.4, -0.2) is 36.0 Å². The Labute approximate surface area is 183 Å². The zero-order chi connectivity index (χ0) is 21.8. The standard InChI is InChI=1S/C24H18N6O2/c31-24(19-11-13-22(14-12-19)30-17-25-27-28-30)32-16-20-15-29(21-9-5-2-6-10-21)26-23(20)18-7-3-1-4-8-18/h1-15,17H,16H2. The van der Waals surface area contributed by atoms with E-state index in [2.05, 4.69) is 15.5 Å². The summed E-state index contributed by atoms with van der Waals surface area (Å²) in [6.45, 7) is 0.102. The zero-order valence-electron chi connectivity index (χ0n) is 16.9. The third kappa shape index (κ3) is 4.01. The molecule has 8 heteroatoms. The molecule has 0 amide bonds. The van der Waals surface area contributed by atoms with E-state index in [0.29, 0.717) is 5.56 Å². The first-order valence-corrected chi connectivity index (χ1v) is 9.98. The molecule has 5 aromatic rings. The lowest BCUT2D eigenvalue weighted by Gasteiger charge is -2.06. The van der Waals surface area contributed by atoms with E-state index in [9.17, 15) is 4.79 Å². The summed E-state index contributed by atoms with van der Waals surface area (Å²) < 4.78 is 8.93. The Balaban J connectivity index is 1.37. The van der Waals surface area contributed by atoms with Crippen LogP contribution in [0, 0.1) is 0 Å². The van der Waals surface area contributed by atoms with Crippen LogP contribution in [0.2, 0.25) is 0 Å². The Kier molecular flexibility index (Phi) is 5.24. The van der Waals surface area contributed by atoms with Crippen molar-refractivity contribution in [2.75, 3.05) is 0 Å². The Bertz CT molecular complexity index is 1310. The van der Waals surface area contributed by atoms with Crippen molar-refractivity contribution >= 4 is 5.97 Å². The van der Waals surface area contributed by atoms with Crippen LogP contribution in [0.4, 0.5) is 0 Å². The van der Waals surface area contributed by atoms with Crippen LogP contribution >= 0.6 is 0 Å². The maximum atomic E-state index is 12.6. The molecular weight excluding hydrogens is 404 g/mol. The molecule has 0 N–H and O–H groups in total. The summed E-state index contributed by atoms with van der Waals surface area (Å²) in [4.78, 5) is 12.6. The number of carbonyl (C=O) groups excluding carboxylic acids is 1. The molecule has 32 heavy (non-hydrogen) atoms. The Morgan fingerprint density at radius 1 is 0.812 bits per heavy atom. The molecule has 156 valence electrons. The predicted octanol–water partition coefficient (Wildman–Crippen LogP) is 3.87. The third-order valence-corrected chi connectivity index (χ3v) is 4.93. The largest absolute Gasteiger partial charge is 0.457 e. The number of nitrogens with zero attached hydrogens (tertiary/aromatic N) is 6. The fourth-order valence-corrected chi connectivity index (χ4v) is 3.32. The number of ether oxygens (including phenoxy) is 1. The maximum absolute atomic E-state index is 12.6. The molecule has 0 saturated carbocycles. The number of rotatable bonds is 6. The summed E-state index contributed by atoms with van der Waals surface area (Å²) >= 11 is 0. The second kappa shape index (κ2) is 8.65. The van der Waals surface area contributed by atoms with Crippen molar-refractivity contribution in [1.82, 2.24) is 30.0 Å². The highest BCUT2D eigenvalue weighted by atomic mass is 16.5. The van der Waals surface area contributed by atoms with Gasteiger partial charge in [0.2, 0.25) is 0 Å². The van der Waals surface area contributed by atoms with Crippen molar-refractivity contribution < 1.29 is 9.53 Å². The SMILES string of the molecule is O=C(OCc1cn(-c2ccccc2)nc1-c1ccccc1)c1ccc(-n2cnnn2)cc1. The van der Waals surface area contributed by atoms with E-state index < -0.39 is 5.97 Å². The molecule has 0 unspecified atom stereocenters. The van der Waals surface area contributed by atoms with Crippen LogP contribution in [0.1, 0.15) is 15.9 Å². The van der Waals surface area contributed by atoms with Gasteiger partial charge in [-0.25, -0.2) is 14.2 Å². The topological polar surface area (TPSA) is 87.7 Å². The minimum Gasteiger partial charge on any atom is -0.457 e. The minimum atomic E-state index is -0.417. The number of para-hydroxylation sites is 1. The van der Waals surface area contributed by atoms with Gasteiger partial charge in [-0.05, 0) is 46.8 Å². The highest BCUT2D eigenvalue weighted by Crippen LogP contribution is 2.24. The molecule has 0 fully saturated rings. The molecule has 0 aliphatic heterocycles. The van der Waals surface area contributed by atoms with Gasteiger partial charge >= 0.3 is 5.97 Å². The van der Waals surface area contributed by atoms with Gasteiger partial charge in [0.05, 0.1) is 22.6 Å². The summed E-state index contributed by atoms with van der Waals surface area (Å²) in [5, 5.41) is 15.8. The monoisotopic (exact) mass is 422 g/mol. The number of carbonyl (C=O) groups is 1. The van der Waals surface area contributed by atoms with Crippen LogP contribution in [0.5, 0.6) is 0 Å². The third-order valence-electron chi connectivity index (χ3n) is 4.93. The molecule has 0 aliphatic carbocycles. The van der Waals surface area contributed by atoms with Crippen LogP contribution in [0.25, 0.3) is 22.6 Å². The van der Waals surface area contributed by atoms with Crippen LogP contribution in [-0.2, 0) is 11.3 Å². The second-order valence-electron chi connectivity index (χ2n) is 7.03. The van der Waals surface area contributed by atoms with E-state index in [0.717, 1.165) is 28.2 Å². The van der Waals surface area contributed by atoms with Gasteiger partial charge in [0, 0.05) is 17.3 Å². The van der Waals surface area contributed by atoms with Crippen molar-refractivity contribution in [1.29, 1.82) is 0 Å². The van der Waals surface area contributed by atoms with Gasteiger partial charge in [-0.15, -0.1) is 5.10 Å². The van der Waals surface area contributed by atoms with Gasteiger partial charge in [-0.1, -0.05) is 48.5 Å². The predicted molar refractivity (Wildman–Crippen MR) is 117 cm³/mol. The number of hydrogen-bond acceptors (Lipinski definition) is 6. The van der Waals surface area contributed by atoms with E-state index >= 15 is 0 Å². The summed E-state index contributed by atoms with van der Waals surface area (Å²) in [5.74, 6) is -0.417. The maximum Gasteiger partial charge on any atom is 0.338 e. The smallest absolute Gasteiger partial charge is 0.338 e. The fourth-order valence-electron chi connectivity index (χ4n) is 3.32. The Hall–Kier alpha value is -4.59. The Morgan fingerprint density at radius 3 is 2.19 bits per heavy atom. The van der Waals surface area contributed by atoms with Crippen LogP contribution in [0.15, 0.2) is 97.5 Å². The number of esters is 1. The lowest BCUT2D eigenvalue weighted by Crippen LogP contribution is -2.06. The number of hydrogen-bond donors (Lipinski definition) is 0. The summed E-state index contributed by atoms with van der Waals surface area (Å²) in [6.07, 6.45) is 3.38. The van der Waals surface area contributed by atoms with Crippen molar-refractivity contribution in [3.8, 4) is 22.6 Å². The molecule has 0 spiro atoms. The van der Waals surface area contributed by atoms with Crippen molar-refractivity contribution in [3.63, 3.8) is 0 Å². The highest BCUT2D eigenvalue weighted by molar-refractivity contribution is 5.89. The first-order chi connectivity index (χ1) is 15.8. The number of benzene rings is 3. The molecule has 0 radical (unpaired) electrons. The first-order valence-electron chi connectivity index (χ1n) is 9.98. The van der Waals surface area contributed by atoms with Gasteiger partial charge in [0.25, 0.3) is 0 Å². The molecule has 8 nitrogen and oxygen atoms in total. The average Bonchev–Trinajstić information content (AvgIpc) is 3.54. The van der Waals surface area contributed by atoms with Crippen LogP contribution < -0.4 is 0 Å². The van der Waals surface area contributed by atoms with E-state index in [1.165, 1.54) is 11.0 Å². The zero-order valence-corrected chi connectivity index (χ0v) is 16.9. The minimum absolute atomic E-state index is 0.102. The molecule has 3 aromatic carbocycles. The van der Waals surface area contributed by atoms with Crippen molar-refractivity contribution in [3.05, 3.63) is 109 Å². The molecule has 2 heterocycles. The van der Waals surface area contributed by atoms with E-state index in [1.54, 1.807) is 28.9 Å². The normalized spacial score (nSPS) is 10.8. The van der Waals surface area contributed by atoms with Gasteiger partial charge in [-0.2, -0.15) is 5.10 Å². The molecule has 2 aromatic heterocycles. The van der Waals surface area contributed by atoms with Gasteiger partial charge < -0.3 is 4.74 Å². The van der Waals surface area contributed by atoms with Crippen molar-refractivity contribution in [2.45, 2.75) is 6.61 Å². The molecule has 5 rings (SSSR count). The summed E-state index contributed by atoms with van der Waals surface area (Å²) in [6, 6.07) is 26.6. The van der Waals surface area contributed by atoms with E-state index in [4.69, 9.17) is 9.84 Å². The fraction of sp³-hybridized carbons (Fsp3) is 0.0417. The van der Waals surface area contributed by atoms with Crippen LogP contribution in [0.3, 0.4) is 0 Å². The molecule has 0 atom stereocenters. The lowest BCUT2D eigenvalue weighted by molar-refractivity contribution is 0.0473. The van der Waals surface area contributed by atoms with Crippen molar-refractivity contribution in [2.24, 2.45) is 0 Å². The van der Waals surface area contributed by atoms with Gasteiger partial charge in [0.15, 0.2) is 0 Å².